The summed E-state index contributed by atoms with van der Waals surface area (Å²) in [6, 6.07) is 15.4. The molecule has 0 radical (unpaired) electrons. The van der Waals surface area contributed by atoms with E-state index in [0.29, 0.717) is 17.3 Å². The van der Waals surface area contributed by atoms with Crippen molar-refractivity contribution in [1.29, 1.82) is 0 Å². The Morgan fingerprint density at radius 2 is 1.95 bits per heavy atom. The van der Waals surface area contributed by atoms with Gasteiger partial charge >= 0.3 is 0 Å². The van der Waals surface area contributed by atoms with Gasteiger partial charge in [-0.15, -0.1) is 0 Å². The van der Waals surface area contributed by atoms with Gasteiger partial charge in [0.2, 0.25) is 0 Å². The summed E-state index contributed by atoms with van der Waals surface area (Å²) in [5, 5.41) is 0.601. The fourth-order valence-corrected chi connectivity index (χ4v) is 2.92. The number of nitrogens with zero attached hydrogens (tertiary/aromatic N) is 1. The zero-order chi connectivity index (χ0) is 15.5. The molecule has 114 valence electrons. The monoisotopic (exact) mass is 315 g/mol. The summed E-state index contributed by atoms with van der Waals surface area (Å²) >= 11 is 5.94. The van der Waals surface area contributed by atoms with Crippen LogP contribution in [0.1, 0.15) is 18.1 Å². The molecule has 0 saturated carbocycles. The summed E-state index contributed by atoms with van der Waals surface area (Å²) in [5.74, 6) is 0.625. The Labute approximate surface area is 135 Å². The molecule has 4 heteroatoms. The second-order valence-corrected chi connectivity index (χ2v) is 5.93. The van der Waals surface area contributed by atoms with E-state index in [1.807, 2.05) is 23.1 Å². The summed E-state index contributed by atoms with van der Waals surface area (Å²) in [7, 11) is 0. The lowest BCUT2D eigenvalue weighted by Gasteiger charge is -2.31. The van der Waals surface area contributed by atoms with Gasteiger partial charge in [-0.2, -0.15) is 0 Å². The maximum absolute atomic E-state index is 12.6. The minimum atomic E-state index is -0.524. The molecule has 2 aromatic carbocycles. The predicted molar refractivity (Wildman–Crippen MR) is 87.1 cm³/mol. The minimum Gasteiger partial charge on any atom is -0.481 e. The highest BCUT2D eigenvalue weighted by molar-refractivity contribution is 6.30. The molecule has 0 fully saturated rings. The standard InChI is InChI=1S/C18H18ClNO2/c1-13(22-17-8-4-7-16(19)11-17)18(21)20-10-9-14-5-2-3-6-15(14)12-20/h2-8,11,13H,9-10,12H2,1H3/t13-/m0/s1. The number of halogens is 1. The average Bonchev–Trinajstić information content (AvgIpc) is 2.53. The van der Waals surface area contributed by atoms with Crippen molar-refractivity contribution in [3.63, 3.8) is 0 Å². The SMILES string of the molecule is C[C@H](Oc1cccc(Cl)c1)C(=O)N1CCc2ccccc2C1. The molecule has 22 heavy (non-hydrogen) atoms. The summed E-state index contributed by atoms with van der Waals surface area (Å²) < 4.78 is 5.72. The van der Waals surface area contributed by atoms with E-state index in [1.54, 1.807) is 25.1 Å². The van der Waals surface area contributed by atoms with E-state index in [1.165, 1.54) is 11.1 Å². The number of carbonyl (C=O) groups is 1. The van der Waals surface area contributed by atoms with Gasteiger partial charge in [-0.3, -0.25) is 4.79 Å². The highest BCUT2D eigenvalue weighted by atomic mass is 35.5. The molecule has 0 unspecified atom stereocenters. The summed E-state index contributed by atoms with van der Waals surface area (Å²) in [6.45, 7) is 3.17. The van der Waals surface area contributed by atoms with Crippen LogP contribution in [0.5, 0.6) is 5.75 Å². The van der Waals surface area contributed by atoms with Gasteiger partial charge in [-0.1, -0.05) is 41.9 Å². The minimum absolute atomic E-state index is 0.00878. The maximum Gasteiger partial charge on any atom is 0.263 e. The van der Waals surface area contributed by atoms with Gasteiger partial charge in [0, 0.05) is 18.1 Å². The molecule has 1 aliphatic rings. The van der Waals surface area contributed by atoms with E-state index in [-0.39, 0.29) is 5.91 Å². The molecular formula is C18H18ClNO2. The molecule has 1 aliphatic heterocycles. The van der Waals surface area contributed by atoms with Gasteiger partial charge in [0.25, 0.3) is 5.91 Å². The van der Waals surface area contributed by atoms with Crippen LogP contribution in [-0.2, 0) is 17.8 Å². The van der Waals surface area contributed by atoms with Gasteiger partial charge in [0.1, 0.15) is 5.75 Å². The van der Waals surface area contributed by atoms with Gasteiger partial charge in [0.15, 0.2) is 6.10 Å². The molecule has 0 aromatic heterocycles. The number of carbonyl (C=O) groups excluding carboxylic acids is 1. The number of fused-ring (bicyclic) bond motifs is 1. The van der Waals surface area contributed by atoms with Crippen LogP contribution in [0.4, 0.5) is 0 Å². The van der Waals surface area contributed by atoms with Crippen LogP contribution in [0.3, 0.4) is 0 Å². The third-order valence-electron chi connectivity index (χ3n) is 3.90. The van der Waals surface area contributed by atoms with Crippen LogP contribution in [-0.4, -0.2) is 23.5 Å². The van der Waals surface area contributed by atoms with Crippen molar-refractivity contribution >= 4 is 17.5 Å². The smallest absolute Gasteiger partial charge is 0.263 e. The first-order valence-corrected chi connectivity index (χ1v) is 7.79. The van der Waals surface area contributed by atoms with Crippen LogP contribution in [0, 0.1) is 0 Å². The third-order valence-corrected chi connectivity index (χ3v) is 4.13. The van der Waals surface area contributed by atoms with Crippen molar-refractivity contribution in [2.24, 2.45) is 0 Å². The average molecular weight is 316 g/mol. The van der Waals surface area contributed by atoms with Crippen LogP contribution < -0.4 is 4.74 Å². The van der Waals surface area contributed by atoms with Gasteiger partial charge in [-0.25, -0.2) is 0 Å². The normalized spacial score (nSPS) is 15.1. The van der Waals surface area contributed by atoms with Crippen LogP contribution in [0.25, 0.3) is 0 Å². The topological polar surface area (TPSA) is 29.5 Å². The van der Waals surface area contributed by atoms with Crippen molar-refractivity contribution in [2.75, 3.05) is 6.54 Å². The third kappa shape index (κ3) is 3.25. The van der Waals surface area contributed by atoms with E-state index in [2.05, 4.69) is 12.1 Å². The first kappa shape index (κ1) is 14.9. The lowest BCUT2D eigenvalue weighted by molar-refractivity contribution is -0.138. The first-order valence-electron chi connectivity index (χ1n) is 7.41. The fraction of sp³-hybridized carbons (Fsp3) is 0.278. The van der Waals surface area contributed by atoms with Gasteiger partial charge in [0.05, 0.1) is 0 Å². The Balaban J connectivity index is 1.67. The number of hydrogen-bond acceptors (Lipinski definition) is 2. The quantitative estimate of drug-likeness (QED) is 0.864. The van der Waals surface area contributed by atoms with Gasteiger partial charge in [-0.05, 0) is 42.7 Å². The maximum atomic E-state index is 12.6. The summed E-state index contributed by atoms with van der Waals surface area (Å²) in [6.07, 6.45) is 0.370. The number of benzene rings is 2. The second-order valence-electron chi connectivity index (χ2n) is 5.50. The number of amides is 1. The zero-order valence-corrected chi connectivity index (χ0v) is 13.2. The Morgan fingerprint density at radius 1 is 1.18 bits per heavy atom. The molecule has 2 aromatic rings. The summed E-state index contributed by atoms with van der Waals surface area (Å²) in [5.41, 5.74) is 2.55. The van der Waals surface area contributed by atoms with Crippen LogP contribution in [0.2, 0.25) is 5.02 Å². The highest BCUT2D eigenvalue weighted by Crippen LogP contribution is 2.21. The van der Waals surface area contributed by atoms with E-state index in [4.69, 9.17) is 16.3 Å². The summed E-state index contributed by atoms with van der Waals surface area (Å²) in [4.78, 5) is 14.4. The fourth-order valence-electron chi connectivity index (χ4n) is 2.74. The predicted octanol–water partition coefficient (Wildman–Crippen LogP) is 3.69. The molecule has 1 atom stereocenters. The van der Waals surface area contributed by atoms with Crippen molar-refractivity contribution in [3.8, 4) is 5.75 Å². The highest BCUT2D eigenvalue weighted by Gasteiger charge is 2.25. The van der Waals surface area contributed by atoms with Crippen molar-refractivity contribution in [3.05, 3.63) is 64.7 Å². The first-order chi connectivity index (χ1) is 10.6. The van der Waals surface area contributed by atoms with Crippen molar-refractivity contribution in [2.45, 2.75) is 26.0 Å². The van der Waals surface area contributed by atoms with E-state index < -0.39 is 6.10 Å². The Hall–Kier alpha value is -2.00. The number of ether oxygens (including phenoxy) is 1. The van der Waals surface area contributed by atoms with Crippen LogP contribution >= 0.6 is 11.6 Å². The molecule has 0 aliphatic carbocycles. The van der Waals surface area contributed by atoms with Crippen LogP contribution in [0.15, 0.2) is 48.5 Å². The van der Waals surface area contributed by atoms with E-state index >= 15 is 0 Å². The molecule has 3 nitrogen and oxygen atoms in total. The molecule has 3 rings (SSSR count). The molecule has 1 heterocycles. The lowest BCUT2D eigenvalue weighted by atomic mass is 9.99. The second kappa shape index (κ2) is 6.41. The van der Waals surface area contributed by atoms with Crippen molar-refractivity contribution in [1.82, 2.24) is 4.90 Å². The number of rotatable bonds is 3. The number of hydrogen-bond donors (Lipinski definition) is 0. The van der Waals surface area contributed by atoms with Gasteiger partial charge < -0.3 is 9.64 Å². The zero-order valence-electron chi connectivity index (χ0n) is 12.5. The Kier molecular flexibility index (Phi) is 4.34. The van der Waals surface area contributed by atoms with E-state index in [0.717, 1.165) is 13.0 Å². The molecule has 0 N–H and O–H groups in total. The van der Waals surface area contributed by atoms with Crippen molar-refractivity contribution < 1.29 is 9.53 Å². The molecule has 1 amide bonds. The molecule has 0 spiro atoms. The largest absolute Gasteiger partial charge is 0.481 e. The molecule has 0 saturated heterocycles. The Morgan fingerprint density at radius 3 is 2.73 bits per heavy atom. The molecule has 0 bridgehead atoms. The van der Waals surface area contributed by atoms with E-state index in [9.17, 15) is 4.79 Å². The lowest BCUT2D eigenvalue weighted by Crippen LogP contribution is -2.43. The molecular weight excluding hydrogens is 298 g/mol. The Bertz CT molecular complexity index is 686.